The maximum Gasteiger partial charge on any atom is 0.338 e. The second kappa shape index (κ2) is 6.02. The molecule has 1 aromatic heterocycles. The zero-order chi connectivity index (χ0) is 15.5. The number of rotatable bonds is 4. The highest BCUT2D eigenvalue weighted by atomic mass is 16.5. The molecule has 4 nitrogen and oxygen atoms in total. The van der Waals surface area contributed by atoms with Crippen LogP contribution in [-0.4, -0.2) is 22.7 Å². The summed E-state index contributed by atoms with van der Waals surface area (Å²) < 4.78 is 5.28. The van der Waals surface area contributed by atoms with Gasteiger partial charge in [0.05, 0.1) is 17.7 Å². The molecule has 0 aliphatic carbocycles. The second-order valence-corrected chi connectivity index (χ2v) is 5.20. The van der Waals surface area contributed by atoms with Gasteiger partial charge in [-0.3, -0.25) is 0 Å². The van der Waals surface area contributed by atoms with Gasteiger partial charge < -0.3 is 9.84 Å². The summed E-state index contributed by atoms with van der Waals surface area (Å²) in [5.41, 5.74) is 1.63. The number of fused-ring (bicyclic) bond motifs is 2. The molecule has 0 unspecified atom stereocenters. The van der Waals surface area contributed by atoms with Gasteiger partial charge in [-0.1, -0.05) is 31.5 Å². The Balaban J connectivity index is 2.12. The van der Waals surface area contributed by atoms with E-state index < -0.39 is 0 Å². The fraction of sp³-hybridized carbons (Fsp3) is 0.222. The number of pyridine rings is 1. The number of para-hydroxylation sites is 1. The molecule has 3 aromatic rings. The number of hydrogen-bond acceptors (Lipinski definition) is 4. The standard InChI is InChI=1S/C18H17NO3/c1-2-3-10-22-18(21)13-8-9-16(20)17-14(13)11-12-6-4-5-7-15(12)19-17/h4-9,11,20H,2-3,10H2,1H3. The first-order valence-electron chi connectivity index (χ1n) is 7.39. The van der Waals surface area contributed by atoms with E-state index in [2.05, 4.69) is 4.98 Å². The average molecular weight is 295 g/mol. The van der Waals surface area contributed by atoms with Crippen molar-refractivity contribution in [1.29, 1.82) is 0 Å². The van der Waals surface area contributed by atoms with E-state index >= 15 is 0 Å². The van der Waals surface area contributed by atoms with Crippen molar-refractivity contribution in [2.75, 3.05) is 6.61 Å². The molecule has 0 spiro atoms. The number of esters is 1. The SMILES string of the molecule is CCCCOC(=O)c1ccc(O)c2nc3ccccc3cc12. The smallest absolute Gasteiger partial charge is 0.338 e. The van der Waals surface area contributed by atoms with Crippen molar-refractivity contribution in [1.82, 2.24) is 4.98 Å². The van der Waals surface area contributed by atoms with E-state index in [-0.39, 0.29) is 11.7 Å². The van der Waals surface area contributed by atoms with Gasteiger partial charge in [-0.05, 0) is 30.7 Å². The molecule has 4 heteroatoms. The molecule has 2 aromatic carbocycles. The molecular formula is C18H17NO3. The van der Waals surface area contributed by atoms with Gasteiger partial charge in [0.2, 0.25) is 0 Å². The number of carbonyl (C=O) groups is 1. The van der Waals surface area contributed by atoms with Crippen LogP contribution in [-0.2, 0) is 4.74 Å². The first-order chi connectivity index (χ1) is 10.7. The molecule has 0 saturated heterocycles. The fourth-order valence-corrected chi connectivity index (χ4v) is 2.41. The lowest BCUT2D eigenvalue weighted by molar-refractivity contribution is 0.0502. The lowest BCUT2D eigenvalue weighted by atomic mass is 10.0. The van der Waals surface area contributed by atoms with Gasteiger partial charge in [0, 0.05) is 10.8 Å². The molecule has 3 rings (SSSR count). The highest BCUT2D eigenvalue weighted by molar-refractivity contribution is 6.08. The highest BCUT2D eigenvalue weighted by Gasteiger charge is 2.15. The molecule has 1 heterocycles. The Morgan fingerprint density at radius 1 is 1.23 bits per heavy atom. The minimum absolute atomic E-state index is 0.0610. The Kier molecular flexibility index (Phi) is 3.92. The number of benzene rings is 2. The summed E-state index contributed by atoms with van der Waals surface area (Å²) in [6.45, 7) is 2.44. The molecule has 1 N–H and O–H groups in total. The lowest BCUT2D eigenvalue weighted by Crippen LogP contribution is -2.07. The number of nitrogens with zero attached hydrogens (tertiary/aromatic N) is 1. The van der Waals surface area contributed by atoms with E-state index in [0.717, 1.165) is 23.7 Å². The summed E-state index contributed by atoms with van der Waals surface area (Å²) in [4.78, 5) is 16.7. The minimum atomic E-state index is -0.379. The van der Waals surface area contributed by atoms with Gasteiger partial charge in [-0.2, -0.15) is 0 Å². The maximum absolute atomic E-state index is 12.2. The highest BCUT2D eigenvalue weighted by Crippen LogP contribution is 2.29. The Labute approximate surface area is 128 Å². The summed E-state index contributed by atoms with van der Waals surface area (Å²) in [6.07, 6.45) is 1.80. The van der Waals surface area contributed by atoms with E-state index in [9.17, 15) is 9.90 Å². The zero-order valence-corrected chi connectivity index (χ0v) is 12.4. The van der Waals surface area contributed by atoms with E-state index in [1.165, 1.54) is 6.07 Å². The molecule has 0 bridgehead atoms. The first-order valence-corrected chi connectivity index (χ1v) is 7.39. The monoisotopic (exact) mass is 295 g/mol. The van der Waals surface area contributed by atoms with Crippen molar-refractivity contribution in [2.45, 2.75) is 19.8 Å². The van der Waals surface area contributed by atoms with Crippen LogP contribution in [0.3, 0.4) is 0 Å². The van der Waals surface area contributed by atoms with Crippen LogP contribution in [0.25, 0.3) is 21.8 Å². The van der Waals surface area contributed by atoms with Gasteiger partial charge in [0.1, 0.15) is 11.3 Å². The predicted molar refractivity (Wildman–Crippen MR) is 86.1 cm³/mol. The molecule has 0 aliphatic rings. The minimum Gasteiger partial charge on any atom is -0.506 e. The number of ether oxygens (including phenoxy) is 1. The third-order valence-electron chi connectivity index (χ3n) is 3.62. The van der Waals surface area contributed by atoms with Gasteiger partial charge in [-0.25, -0.2) is 9.78 Å². The fourth-order valence-electron chi connectivity index (χ4n) is 2.41. The van der Waals surface area contributed by atoms with Gasteiger partial charge in [0.25, 0.3) is 0 Å². The van der Waals surface area contributed by atoms with Crippen molar-refractivity contribution >= 4 is 27.8 Å². The van der Waals surface area contributed by atoms with E-state index in [1.807, 2.05) is 37.3 Å². The molecule has 0 atom stereocenters. The van der Waals surface area contributed by atoms with E-state index in [0.29, 0.717) is 23.1 Å². The van der Waals surface area contributed by atoms with Gasteiger partial charge in [0.15, 0.2) is 0 Å². The Morgan fingerprint density at radius 2 is 2.05 bits per heavy atom. The van der Waals surface area contributed by atoms with Crippen LogP contribution in [0.2, 0.25) is 0 Å². The average Bonchev–Trinajstić information content (AvgIpc) is 2.54. The van der Waals surface area contributed by atoms with Crippen molar-refractivity contribution in [3.8, 4) is 5.75 Å². The Bertz CT molecular complexity index is 842. The number of phenols is 1. The Hall–Kier alpha value is -2.62. The summed E-state index contributed by atoms with van der Waals surface area (Å²) in [7, 11) is 0. The molecule has 112 valence electrons. The maximum atomic E-state index is 12.2. The molecular weight excluding hydrogens is 278 g/mol. The molecule has 0 fully saturated rings. The number of aromatic hydroxyl groups is 1. The third kappa shape index (κ3) is 2.60. The number of aromatic nitrogens is 1. The van der Waals surface area contributed by atoms with Crippen LogP contribution >= 0.6 is 0 Å². The van der Waals surface area contributed by atoms with Crippen molar-refractivity contribution < 1.29 is 14.6 Å². The predicted octanol–water partition coefficient (Wildman–Crippen LogP) is 4.05. The summed E-state index contributed by atoms with van der Waals surface area (Å²) in [5.74, 6) is -0.318. The van der Waals surface area contributed by atoms with Crippen molar-refractivity contribution in [3.05, 3.63) is 48.0 Å². The molecule has 22 heavy (non-hydrogen) atoms. The van der Waals surface area contributed by atoms with Crippen molar-refractivity contribution in [3.63, 3.8) is 0 Å². The van der Waals surface area contributed by atoms with Crippen LogP contribution < -0.4 is 0 Å². The summed E-state index contributed by atoms with van der Waals surface area (Å²) >= 11 is 0. The van der Waals surface area contributed by atoms with Crippen LogP contribution in [0.1, 0.15) is 30.1 Å². The van der Waals surface area contributed by atoms with Gasteiger partial charge >= 0.3 is 5.97 Å². The first kappa shape index (κ1) is 14.3. The summed E-state index contributed by atoms with van der Waals surface area (Å²) in [5, 5.41) is 11.6. The largest absolute Gasteiger partial charge is 0.506 e. The topological polar surface area (TPSA) is 59.4 Å². The second-order valence-electron chi connectivity index (χ2n) is 5.20. The van der Waals surface area contributed by atoms with Gasteiger partial charge in [-0.15, -0.1) is 0 Å². The molecule has 0 amide bonds. The van der Waals surface area contributed by atoms with Crippen LogP contribution in [0, 0.1) is 0 Å². The zero-order valence-electron chi connectivity index (χ0n) is 12.4. The molecule has 0 radical (unpaired) electrons. The number of carbonyl (C=O) groups excluding carboxylic acids is 1. The summed E-state index contributed by atoms with van der Waals surface area (Å²) in [6, 6.07) is 12.5. The lowest BCUT2D eigenvalue weighted by Gasteiger charge is -2.09. The quantitative estimate of drug-likeness (QED) is 0.448. The van der Waals surface area contributed by atoms with E-state index in [4.69, 9.17) is 4.74 Å². The number of hydrogen-bond donors (Lipinski definition) is 1. The number of unbranched alkanes of at least 4 members (excludes halogenated alkanes) is 1. The van der Waals surface area contributed by atoms with Crippen LogP contribution in [0.15, 0.2) is 42.5 Å². The molecule has 0 aliphatic heterocycles. The van der Waals surface area contributed by atoms with Crippen LogP contribution in [0.5, 0.6) is 5.75 Å². The number of phenolic OH excluding ortho intramolecular Hbond substituents is 1. The van der Waals surface area contributed by atoms with Crippen LogP contribution in [0.4, 0.5) is 0 Å². The van der Waals surface area contributed by atoms with Crippen molar-refractivity contribution in [2.24, 2.45) is 0 Å². The van der Waals surface area contributed by atoms with E-state index in [1.54, 1.807) is 6.07 Å². The normalized spacial score (nSPS) is 11.0. The Morgan fingerprint density at radius 3 is 2.86 bits per heavy atom. The third-order valence-corrected chi connectivity index (χ3v) is 3.62. The molecule has 0 saturated carbocycles.